The fourth-order valence-corrected chi connectivity index (χ4v) is 0.804. The van der Waals surface area contributed by atoms with Crippen LogP contribution in [0.5, 0.6) is 0 Å². The van der Waals surface area contributed by atoms with Gasteiger partial charge in [0.05, 0.1) is 0 Å². The van der Waals surface area contributed by atoms with Crippen LogP contribution in [-0.2, 0) is 0 Å². The van der Waals surface area contributed by atoms with Crippen molar-refractivity contribution in [3.05, 3.63) is 0 Å². The minimum absolute atomic E-state index is 0.270. The Balaban J connectivity index is 2.95. The van der Waals surface area contributed by atoms with E-state index in [9.17, 15) is 0 Å². The molecule has 2 nitrogen and oxygen atoms in total. The smallest absolute Gasteiger partial charge is 0.0433 e. The highest BCUT2D eigenvalue weighted by atomic mass is 16.3. The van der Waals surface area contributed by atoms with Crippen LogP contribution < -0.4 is 0 Å². The zero-order valence-corrected chi connectivity index (χ0v) is 6.01. The molecular formula is C7H16O2. The highest BCUT2D eigenvalue weighted by molar-refractivity contribution is 4.50. The SMILES string of the molecule is C[C@H](CCO)CCCO. The normalized spacial score (nSPS) is 13.7. The van der Waals surface area contributed by atoms with E-state index < -0.39 is 0 Å². The van der Waals surface area contributed by atoms with Gasteiger partial charge in [0.2, 0.25) is 0 Å². The number of hydrogen-bond acceptors (Lipinski definition) is 2. The number of hydrogen-bond donors (Lipinski definition) is 2. The van der Waals surface area contributed by atoms with Gasteiger partial charge in [-0.3, -0.25) is 0 Å². The Labute approximate surface area is 56.5 Å². The summed E-state index contributed by atoms with van der Waals surface area (Å²) in [6.07, 6.45) is 2.75. The fraction of sp³-hybridized carbons (Fsp3) is 1.00. The van der Waals surface area contributed by atoms with E-state index in [1.165, 1.54) is 0 Å². The van der Waals surface area contributed by atoms with E-state index in [0.717, 1.165) is 19.3 Å². The van der Waals surface area contributed by atoms with E-state index in [-0.39, 0.29) is 13.2 Å². The Morgan fingerprint density at radius 2 is 1.78 bits per heavy atom. The van der Waals surface area contributed by atoms with E-state index in [4.69, 9.17) is 10.2 Å². The lowest BCUT2D eigenvalue weighted by molar-refractivity contribution is 0.239. The zero-order valence-electron chi connectivity index (χ0n) is 6.01. The Hall–Kier alpha value is -0.0800. The van der Waals surface area contributed by atoms with Crippen molar-refractivity contribution in [1.29, 1.82) is 0 Å². The van der Waals surface area contributed by atoms with Crippen LogP contribution in [-0.4, -0.2) is 23.4 Å². The van der Waals surface area contributed by atoms with Gasteiger partial charge < -0.3 is 10.2 Å². The van der Waals surface area contributed by atoms with E-state index in [1.54, 1.807) is 0 Å². The highest BCUT2D eigenvalue weighted by Crippen LogP contribution is 2.07. The van der Waals surface area contributed by atoms with Crippen molar-refractivity contribution < 1.29 is 10.2 Å². The molecule has 0 rings (SSSR count). The molecule has 0 radical (unpaired) electrons. The molecule has 0 aromatic carbocycles. The third kappa shape index (κ3) is 5.80. The second-order valence-electron chi connectivity index (χ2n) is 2.48. The average Bonchev–Trinajstić information content (AvgIpc) is 1.85. The molecule has 0 spiro atoms. The first-order valence-corrected chi connectivity index (χ1v) is 3.53. The number of aliphatic hydroxyl groups excluding tert-OH is 2. The summed E-state index contributed by atoms with van der Waals surface area (Å²) in [4.78, 5) is 0. The molecule has 56 valence electrons. The van der Waals surface area contributed by atoms with Gasteiger partial charge in [0.25, 0.3) is 0 Å². The van der Waals surface area contributed by atoms with Crippen LogP contribution in [0.1, 0.15) is 26.2 Å². The maximum absolute atomic E-state index is 8.47. The molecular weight excluding hydrogens is 116 g/mol. The van der Waals surface area contributed by atoms with Gasteiger partial charge >= 0.3 is 0 Å². The molecule has 1 atom stereocenters. The molecule has 0 amide bonds. The average molecular weight is 132 g/mol. The Morgan fingerprint density at radius 3 is 2.22 bits per heavy atom. The third-order valence-corrected chi connectivity index (χ3v) is 1.48. The van der Waals surface area contributed by atoms with Crippen LogP contribution in [0, 0.1) is 5.92 Å². The molecule has 2 N–H and O–H groups in total. The Morgan fingerprint density at radius 1 is 1.11 bits per heavy atom. The first kappa shape index (κ1) is 8.92. The van der Waals surface area contributed by atoms with E-state index in [0.29, 0.717) is 5.92 Å². The van der Waals surface area contributed by atoms with Crippen LogP contribution in [0.4, 0.5) is 0 Å². The van der Waals surface area contributed by atoms with Gasteiger partial charge in [-0.05, 0) is 25.2 Å². The van der Waals surface area contributed by atoms with Gasteiger partial charge in [0.1, 0.15) is 0 Å². The molecule has 0 saturated heterocycles. The standard InChI is InChI=1S/C7H16O2/c1-7(4-6-9)3-2-5-8/h7-9H,2-6H2,1H3/t7-/m0/s1. The summed E-state index contributed by atoms with van der Waals surface area (Å²) >= 11 is 0. The quantitative estimate of drug-likeness (QED) is 0.580. The molecule has 0 unspecified atom stereocenters. The zero-order chi connectivity index (χ0) is 7.11. The molecule has 0 aromatic heterocycles. The molecule has 0 aliphatic rings. The molecule has 2 heteroatoms. The minimum atomic E-state index is 0.270. The van der Waals surface area contributed by atoms with E-state index >= 15 is 0 Å². The first-order valence-electron chi connectivity index (χ1n) is 3.53. The van der Waals surface area contributed by atoms with Crippen LogP contribution in [0.15, 0.2) is 0 Å². The largest absolute Gasteiger partial charge is 0.396 e. The van der Waals surface area contributed by atoms with Gasteiger partial charge in [0, 0.05) is 13.2 Å². The fourth-order valence-electron chi connectivity index (χ4n) is 0.804. The lowest BCUT2D eigenvalue weighted by Gasteiger charge is -2.06. The topological polar surface area (TPSA) is 40.5 Å². The van der Waals surface area contributed by atoms with Crippen molar-refractivity contribution in [2.75, 3.05) is 13.2 Å². The Kier molecular flexibility index (Phi) is 5.99. The summed E-state index contributed by atoms with van der Waals surface area (Å²) in [5.74, 6) is 0.558. The van der Waals surface area contributed by atoms with Crippen LogP contribution in [0.3, 0.4) is 0 Å². The maximum atomic E-state index is 8.47. The summed E-state index contributed by atoms with van der Waals surface area (Å²) in [5, 5.41) is 16.9. The van der Waals surface area contributed by atoms with Crippen molar-refractivity contribution in [3.63, 3.8) is 0 Å². The molecule has 0 aromatic rings. The lowest BCUT2D eigenvalue weighted by Crippen LogP contribution is -1.98. The highest BCUT2D eigenvalue weighted by Gasteiger charge is 1.98. The van der Waals surface area contributed by atoms with Crippen LogP contribution >= 0.6 is 0 Å². The van der Waals surface area contributed by atoms with Gasteiger partial charge in [-0.2, -0.15) is 0 Å². The van der Waals surface area contributed by atoms with Crippen molar-refractivity contribution in [3.8, 4) is 0 Å². The number of aliphatic hydroxyl groups is 2. The summed E-state index contributed by atoms with van der Waals surface area (Å²) in [5.41, 5.74) is 0. The molecule has 0 aliphatic carbocycles. The van der Waals surface area contributed by atoms with Crippen LogP contribution in [0.25, 0.3) is 0 Å². The van der Waals surface area contributed by atoms with Crippen molar-refractivity contribution >= 4 is 0 Å². The Bertz CT molecular complexity index is 54.9. The third-order valence-electron chi connectivity index (χ3n) is 1.48. The molecule has 0 aliphatic heterocycles. The summed E-state index contributed by atoms with van der Waals surface area (Å²) in [6, 6.07) is 0. The molecule has 0 bridgehead atoms. The number of rotatable bonds is 5. The van der Waals surface area contributed by atoms with E-state index in [1.807, 2.05) is 0 Å². The second-order valence-corrected chi connectivity index (χ2v) is 2.48. The van der Waals surface area contributed by atoms with Crippen molar-refractivity contribution in [2.24, 2.45) is 5.92 Å². The first-order chi connectivity index (χ1) is 4.31. The van der Waals surface area contributed by atoms with Gasteiger partial charge in [0.15, 0.2) is 0 Å². The molecule has 9 heavy (non-hydrogen) atoms. The van der Waals surface area contributed by atoms with Crippen LogP contribution in [0.2, 0.25) is 0 Å². The van der Waals surface area contributed by atoms with Gasteiger partial charge in [-0.1, -0.05) is 6.92 Å². The molecule has 0 fully saturated rings. The molecule has 0 heterocycles. The van der Waals surface area contributed by atoms with Gasteiger partial charge in [-0.25, -0.2) is 0 Å². The predicted octanol–water partition coefficient (Wildman–Crippen LogP) is 0.777. The lowest BCUT2D eigenvalue weighted by atomic mass is 10.0. The monoisotopic (exact) mass is 132 g/mol. The summed E-state index contributed by atoms with van der Waals surface area (Å²) in [6.45, 7) is 2.63. The summed E-state index contributed by atoms with van der Waals surface area (Å²) < 4.78 is 0. The molecule has 0 saturated carbocycles. The second kappa shape index (κ2) is 6.05. The summed E-state index contributed by atoms with van der Waals surface area (Å²) in [7, 11) is 0. The maximum Gasteiger partial charge on any atom is 0.0433 e. The van der Waals surface area contributed by atoms with Gasteiger partial charge in [-0.15, -0.1) is 0 Å². The van der Waals surface area contributed by atoms with Crippen molar-refractivity contribution in [1.82, 2.24) is 0 Å². The van der Waals surface area contributed by atoms with Crippen molar-refractivity contribution in [2.45, 2.75) is 26.2 Å². The minimum Gasteiger partial charge on any atom is -0.396 e. The van der Waals surface area contributed by atoms with E-state index in [2.05, 4.69) is 6.92 Å². The predicted molar refractivity (Wildman–Crippen MR) is 37.2 cm³/mol.